The lowest BCUT2D eigenvalue weighted by Crippen LogP contribution is -2.60. The van der Waals surface area contributed by atoms with Crippen molar-refractivity contribution in [3.8, 4) is 5.75 Å². The van der Waals surface area contributed by atoms with Gasteiger partial charge in [-0.2, -0.15) is 0 Å². The van der Waals surface area contributed by atoms with E-state index in [-0.39, 0.29) is 36.0 Å². The zero-order chi connectivity index (χ0) is 24.6. The highest BCUT2D eigenvalue weighted by atomic mass is 16.5. The number of carbonyl (C=O) groups excluding carboxylic acids is 2. The molecule has 5 fully saturated rings. The number of benzene rings is 1. The maximum atomic E-state index is 13.5. The number of hydrogen-bond acceptors (Lipinski definition) is 5. The molecule has 0 spiro atoms. The molecule has 2 amide bonds. The van der Waals surface area contributed by atoms with Gasteiger partial charge < -0.3 is 25.0 Å². The van der Waals surface area contributed by atoms with Gasteiger partial charge in [0.15, 0.2) is 6.61 Å². The molecule has 4 aliphatic carbocycles. The highest BCUT2D eigenvalue weighted by Gasteiger charge is 2.58. The number of hydrogen-bond donors (Lipinski definition) is 2. The van der Waals surface area contributed by atoms with E-state index in [2.05, 4.69) is 10.2 Å². The largest absolute Gasteiger partial charge is 0.484 e. The summed E-state index contributed by atoms with van der Waals surface area (Å²) in [6.07, 6.45) is 6.80. The van der Waals surface area contributed by atoms with Gasteiger partial charge in [-0.15, -0.1) is 0 Å². The molecule has 35 heavy (non-hydrogen) atoms. The molecule has 1 heterocycles. The summed E-state index contributed by atoms with van der Waals surface area (Å²) in [4.78, 5) is 29.8. The Morgan fingerprint density at radius 1 is 1.11 bits per heavy atom. The predicted molar refractivity (Wildman–Crippen MR) is 135 cm³/mol. The van der Waals surface area contributed by atoms with Crippen LogP contribution in [-0.2, 0) is 9.59 Å². The molecule has 6 rings (SSSR count). The van der Waals surface area contributed by atoms with E-state index in [9.17, 15) is 14.7 Å². The summed E-state index contributed by atoms with van der Waals surface area (Å²) >= 11 is 0. The number of aliphatic hydroxyl groups is 1. The van der Waals surface area contributed by atoms with Gasteiger partial charge in [0.2, 0.25) is 5.91 Å². The first-order valence-corrected chi connectivity index (χ1v) is 13.7. The number of likely N-dealkylation sites (N-methyl/N-ethyl adjacent to an activating group) is 1. The summed E-state index contributed by atoms with van der Waals surface area (Å²) in [5.74, 6) is 2.18. The topological polar surface area (TPSA) is 82.1 Å². The van der Waals surface area contributed by atoms with Crippen molar-refractivity contribution in [2.24, 2.45) is 23.2 Å². The van der Waals surface area contributed by atoms with Crippen LogP contribution in [0.4, 0.5) is 5.69 Å². The van der Waals surface area contributed by atoms with Crippen molar-refractivity contribution in [1.82, 2.24) is 10.2 Å². The molecule has 3 atom stereocenters. The smallest absolute Gasteiger partial charge is 0.260 e. The van der Waals surface area contributed by atoms with Crippen LogP contribution in [-0.4, -0.2) is 66.8 Å². The van der Waals surface area contributed by atoms with Crippen molar-refractivity contribution in [2.45, 2.75) is 70.9 Å². The molecule has 3 unspecified atom stereocenters. The van der Waals surface area contributed by atoms with E-state index < -0.39 is 0 Å². The molecular weight excluding hydrogens is 442 g/mol. The summed E-state index contributed by atoms with van der Waals surface area (Å²) < 4.78 is 5.71. The molecule has 2 N–H and O–H groups in total. The van der Waals surface area contributed by atoms with E-state index in [0.717, 1.165) is 63.7 Å². The third kappa shape index (κ3) is 4.89. The first-order chi connectivity index (χ1) is 16.9. The monoisotopic (exact) mass is 483 g/mol. The molecule has 1 aromatic carbocycles. The van der Waals surface area contributed by atoms with Gasteiger partial charge >= 0.3 is 0 Å². The highest BCUT2D eigenvalue weighted by Crippen LogP contribution is 2.60. The van der Waals surface area contributed by atoms with E-state index in [0.29, 0.717) is 36.6 Å². The summed E-state index contributed by atoms with van der Waals surface area (Å²) in [6.45, 7) is 7.15. The van der Waals surface area contributed by atoms with Crippen LogP contribution in [0.3, 0.4) is 0 Å². The third-order valence-electron chi connectivity index (χ3n) is 9.14. The van der Waals surface area contributed by atoms with E-state index in [1.54, 1.807) is 4.90 Å². The Balaban J connectivity index is 1.15. The van der Waals surface area contributed by atoms with Gasteiger partial charge in [-0.3, -0.25) is 9.59 Å². The van der Waals surface area contributed by atoms with Crippen molar-refractivity contribution < 1.29 is 19.4 Å². The van der Waals surface area contributed by atoms with Crippen LogP contribution in [0.15, 0.2) is 24.3 Å². The Bertz CT molecular complexity index is 899. The second-order valence-electron chi connectivity index (χ2n) is 11.3. The van der Waals surface area contributed by atoms with E-state index >= 15 is 0 Å². The van der Waals surface area contributed by atoms with Crippen molar-refractivity contribution in [2.75, 3.05) is 37.7 Å². The SMILES string of the molecule is CCN(CC)C(=O)COc1ccc(N2CCCC(NC(=O)C34CC5CC(C3)C(O)C(C5)C4)C2)cc1. The maximum Gasteiger partial charge on any atom is 0.260 e. The van der Waals surface area contributed by atoms with Gasteiger partial charge in [-0.1, -0.05) is 0 Å². The number of carbonyl (C=O) groups is 2. The normalized spacial score (nSPS) is 33.5. The van der Waals surface area contributed by atoms with Crippen molar-refractivity contribution in [3.05, 3.63) is 24.3 Å². The summed E-state index contributed by atoms with van der Waals surface area (Å²) in [5, 5.41) is 14.0. The van der Waals surface area contributed by atoms with Crippen molar-refractivity contribution in [1.29, 1.82) is 0 Å². The zero-order valence-electron chi connectivity index (χ0n) is 21.2. The molecule has 7 heteroatoms. The maximum absolute atomic E-state index is 13.5. The molecule has 1 aromatic rings. The third-order valence-corrected chi connectivity index (χ3v) is 9.14. The van der Waals surface area contributed by atoms with Gasteiger partial charge in [-0.25, -0.2) is 0 Å². The lowest BCUT2D eigenvalue weighted by Gasteiger charge is -2.58. The predicted octanol–water partition coefficient (Wildman–Crippen LogP) is 3.21. The Morgan fingerprint density at radius 2 is 1.80 bits per heavy atom. The number of amides is 2. The van der Waals surface area contributed by atoms with Crippen LogP contribution >= 0.6 is 0 Å². The highest BCUT2D eigenvalue weighted by molar-refractivity contribution is 5.83. The van der Waals surface area contributed by atoms with Crippen molar-refractivity contribution >= 4 is 17.5 Å². The first kappa shape index (κ1) is 24.4. The summed E-state index contributed by atoms with van der Waals surface area (Å²) in [5.41, 5.74) is 0.865. The lowest BCUT2D eigenvalue weighted by atomic mass is 9.48. The standard InChI is InChI=1S/C28H41N3O4/c1-3-30(4-2)25(32)18-35-24-9-7-23(8-10-24)31-11-5-6-22(17-31)29-27(34)28-14-19-12-20(15-28)26(33)21(13-19)16-28/h7-10,19-22,26,33H,3-6,11-18H2,1-2H3,(H,29,34). The minimum Gasteiger partial charge on any atom is -0.484 e. The van der Waals surface area contributed by atoms with Gasteiger partial charge in [0.05, 0.1) is 11.5 Å². The molecular formula is C28H41N3O4. The quantitative estimate of drug-likeness (QED) is 0.593. The Labute approximate surface area is 209 Å². The molecule has 0 radical (unpaired) electrons. The lowest BCUT2D eigenvalue weighted by molar-refractivity contribution is -0.163. The fourth-order valence-electron chi connectivity index (χ4n) is 7.51. The Morgan fingerprint density at radius 3 is 2.46 bits per heavy atom. The van der Waals surface area contributed by atoms with E-state index in [1.165, 1.54) is 0 Å². The van der Waals surface area contributed by atoms with E-state index in [1.807, 2.05) is 38.1 Å². The molecule has 192 valence electrons. The van der Waals surface area contributed by atoms with Crippen LogP contribution in [0.2, 0.25) is 0 Å². The van der Waals surface area contributed by atoms with Crippen LogP contribution in [0.5, 0.6) is 5.75 Å². The fraction of sp³-hybridized carbons (Fsp3) is 0.714. The summed E-state index contributed by atoms with van der Waals surface area (Å²) in [7, 11) is 0. The second kappa shape index (κ2) is 10.00. The Hall–Kier alpha value is -2.28. The molecule has 0 aromatic heterocycles. The van der Waals surface area contributed by atoms with Gasteiger partial charge in [0, 0.05) is 37.9 Å². The molecule has 7 nitrogen and oxygen atoms in total. The fourth-order valence-corrected chi connectivity index (χ4v) is 7.51. The zero-order valence-corrected chi connectivity index (χ0v) is 21.2. The van der Waals surface area contributed by atoms with Gasteiger partial charge in [0.25, 0.3) is 5.91 Å². The molecule has 5 aliphatic rings. The molecule has 4 saturated carbocycles. The van der Waals surface area contributed by atoms with Crippen LogP contribution in [0, 0.1) is 23.2 Å². The average molecular weight is 484 g/mol. The first-order valence-electron chi connectivity index (χ1n) is 13.7. The Kier molecular flexibility index (Phi) is 6.97. The van der Waals surface area contributed by atoms with Gasteiger partial charge in [0.1, 0.15) is 5.75 Å². The van der Waals surface area contributed by atoms with Crippen LogP contribution in [0.25, 0.3) is 0 Å². The number of nitrogens with one attached hydrogen (secondary N) is 1. The number of ether oxygens (including phenoxy) is 1. The van der Waals surface area contributed by atoms with Crippen LogP contribution in [0.1, 0.15) is 58.8 Å². The molecule has 1 saturated heterocycles. The van der Waals surface area contributed by atoms with E-state index in [4.69, 9.17) is 4.74 Å². The minimum absolute atomic E-state index is 0.00206. The second-order valence-corrected chi connectivity index (χ2v) is 11.3. The number of nitrogens with zero attached hydrogens (tertiary/aromatic N) is 2. The minimum atomic E-state index is -0.250. The van der Waals surface area contributed by atoms with Crippen molar-refractivity contribution in [3.63, 3.8) is 0 Å². The summed E-state index contributed by atoms with van der Waals surface area (Å²) in [6, 6.07) is 8.09. The van der Waals surface area contributed by atoms with Crippen LogP contribution < -0.4 is 15.0 Å². The number of anilines is 1. The number of rotatable bonds is 8. The molecule has 1 aliphatic heterocycles. The number of piperidine rings is 1. The average Bonchev–Trinajstić information content (AvgIpc) is 2.86. The molecule has 4 bridgehead atoms. The van der Waals surface area contributed by atoms with Gasteiger partial charge in [-0.05, 0) is 101 Å². The number of aliphatic hydroxyl groups excluding tert-OH is 1.